The van der Waals surface area contributed by atoms with Crippen LogP contribution in [-0.2, 0) is 16.0 Å². The molecule has 1 atom stereocenters. The molecule has 2 heteroatoms. The number of benzene rings is 2. The zero-order chi connectivity index (χ0) is 14.9. The molecule has 0 aliphatic rings. The highest BCUT2D eigenvalue weighted by molar-refractivity contribution is 5.84. The third-order valence-electron chi connectivity index (χ3n) is 3.46. The van der Waals surface area contributed by atoms with Gasteiger partial charge in [0, 0.05) is 13.0 Å². The van der Waals surface area contributed by atoms with Crippen LogP contribution in [0, 0.1) is 0 Å². The van der Waals surface area contributed by atoms with Gasteiger partial charge < -0.3 is 4.74 Å². The van der Waals surface area contributed by atoms with Crippen LogP contribution in [0.15, 0.2) is 60.7 Å². The maximum absolute atomic E-state index is 12.4. The van der Waals surface area contributed by atoms with Crippen molar-refractivity contribution in [2.75, 3.05) is 6.61 Å². The van der Waals surface area contributed by atoms with Gasteiger partial charge in [-0.2, -0.15) is 0 Å². The van der Waals surface area contributed by atoms with Gasteiger partial charge in [0.1, 0.15) is 6.10 Å². The topological polar surface area (TPSA) is 26.3 Å². The zero-order valence-corrected chi connectivity index (χ0v) is 12.5. The van der Waals surface area contributed by atoms with Crippen molar-refractivity contribution in [2.24, 2.45) is 0 Å². The number of ether oxygens (including phenoxy) is 1. The Balaban J connectivity index is 1.90. The molecule has 0 heterocycles. The van der Waals surface area contributed by atoms with Crippen molar-refractivity contribution in [3.05, 3.63) is 71.8 Å². The molecule has 0 amide bonds. The van der Waals surface area contributed by atoms with Crippen LogP contribution in [0.3, 0.4) is 0 Å². The van der Waals surface area contributed by atoms with Crippen LogP contribution >= 0.6 is 0 Å². The van der Waals surface area contributed by atoms with Crippen molar-refractivity contribution in [1.82, 2.24) is 0 Å². The van der Waals surface area contributed by atoms with Crippen LogP contribution in [-0.4, -0.2) is 12.4 Å². The van der Waals surface area contributed by atoms with Gasteiger partial charge in [-0.25, -0.2) is 0 Å². The lowest BCUT2D eigenvalue weighted by atomic mass is 10.00. The maximum atomic E-state index is 12.4. The monoisotopic (exact) mass is 282 g/mol. The van der Waals surface area contributed by atoms with E-state index in [-0.39, 0.29) is 5.78 Å². The Morgan fingerprint density at radius 3 is 2.24 bits per heavy atom. The second kappa shape index (κ2) is 8.38. The molecule has 0 radical (unpaired) electrons. The minimum absolute atomic E-state index is 0.166. The molecule has 2 rings (SSSR count). The van der Waals surface area contributed by atoms with Crippen molar-refractivity contribution in [3.8, 4) is 0 Å². The first kappa shape index (κ1) is 15.5. The number of rotatable bonds is 8. The number of carbonyl (C=O) groups is 1. The summed E-state index contributed by atoms with van der Waals surface area (Å²) in [6.45, 7) is 2.47. The van der Waals surface area contributed by atoms with Gasteiger partial charge in [-0.15, -0.1) is 0 Å². The van der Waals surface area contributed by atoms with E-state index in [1.54, 1.807) is 0 Å². The summed E-state index contributed by atoms with van der Waals surface area (Å²) in [6.07, 6.45) is 1.92. The van der Waals surface area contributed by atoms with Crippen LogP contribution in [0.25, 0.3) is 0 Å². The molecule has 2 aromatic carbocycles. The molecule has 2 nitrogen and oxygen atoms in total. The highest BCUT2D eigenvalue weighted by Gasteiger charge is 2.19. The lowest BCUT2D eigenvalue weighted by molar-refractivity contribution is -0.130. The van der Waals surface area contributed by atoms with Crippen molar-refractivity contribution < 1.29 is 9.53 Å². The summed E-state index contributed by atoms with van der Waals surface area (Å²) in [6, 6.07) is 20.0. The first-order valence-corrected chi connectivity index (χ1v) is 7.54. The normalized spacial score (nSPS) is 12.0. The zero-order valence-electron chi connectivity index (χ0n) is 12.5. The Morgan fingerprint density at radius 2 is 1.62 bits per heavy atom. The fraction of sp³-hybridized carbons (Fsp3) is 0.316. The lowest BCUT2D eigenvalue weighted by Gasteiger charge is -2.16. The third-order valence-corrected chi connectivity index (χ3v) is 3.46. The van der Waals surface area contributed by atoms with Crippen molar-refractivity contribution in [3.63, 3.8) is 0 Å². The van der Waals surface area contributed by atoms with E-state index in [0.29, 0.717) is 13.0 Å². The first-order chi connectivity index (χ1) is 10.3. The first-order valence-electron chi connectivity index (χ1n) is 7.54. The summed E-state index contributed by atoms with van der Waals surface area (Å²) in [7, 11) is 0. The van der Waals surface area contributed by atoms with E-state index in [9.17, 15) is 4.79 Å². The molecule has 0 fully saturated rings. The van der Waals surface area contributed by atoms with Gasteiger partial charge in [0.2, 0.25) is 0 Å². The fourth-order valence-corrected chi connectivity index (χ4v) is 2.41. The number of hydrogen-bond donors (Lipinski definition) is 0. The van der Waals surface area contributed by atoms with E-state index in [1.807, 2.05) is 55.5 Å². The molecular formula is C19H22O2. The van der Waals surface area contributed by atoms with E-state index in [2.05, 4.69) is 12.1 Å². The number of hydrogen-bond acceptors (Lipinski definition) is 2. The highest BCUT2D eigenvalue weighted by atomic mass is 16.5. The fourth-order valence-electron chi connectivity index (χ4n) is 2.41. The predicted octanol–water partition coefficient (Wildman–Crippen LogP) is 4.36. The quantitative estimate of drug-likeness (QED) is 0.719. The summed E-state index contributed by atoms with van der Waals surface area (Å²) in [5.74, 6) is 0.166. The second-order valence-electron chi connectivity index (χ2n) is 5.05. The van der Waals surface area contributed by atoms with Crippen LogP contribution < -0.4 is 0 Å². The van der Waals surface area contributed by atoms with Gasteiger partial charge in [0.25, 0.3) is 0 Å². The van der Waals surface area contributed by atoms with Crippen LogP contribution in [0.5, 0.6) is 0 Å². The molecule has 0 aromatic heterocycles. The second-order valence-corrected chi connectivity index (χ2v) is 5.05. The smallest absolute Gasteiger partial charge is 0.166 e. The average molecular weight is 282 g/mol. The Hall–Kier alpha value is -1.93. The van der Waals surface area contributed by atoms with Gasteiger partial charge in [-0.1, -0.05) is 60.7 Å². The van der Waals surface area contributed by atoms with Gasteiger partial charge in [0.15, 0.2) is 5.78 Å². The van der Waals surface area contributed by atoms with Gasteiger partial charge in [-0.05, 0) is 30.9 Å². The van der Waals surface area contributed by atoms with Crippen molar-refractivity contribution in [1.29, 1.82) is 0 Å². The Kier molecular flexibility index (Phi) is 6.17. The van der Waals surface area contributed by atoms with E-state index in [1.165, 1.54) is 5.56 Å². The molecule has 0 spiro atoms. The maximum Gasteiger partial charge on any atom is 0.166 e. The number of Topliss-reactive ketones (excluding diaryl/α,β-unsaturated/α-hetero) is 1. The molecule has 1 unspecified atom stereocenters. The van der Waals surface area contributed by atoms with Gasteiger partial charge in [0.05, 0.1) is 0 Å². The number of aryl methyl sites for hydroxylation is 1. The van der Waals surface area contributed by atoms with E-state index in [0.717, 1.165) is 18.4 Å². The van der Waals surface area contributed by atoms with E-state index in [4.69, 9.17) is 4.74 Å². The molecule has 0 aliphatic heterocycles. The Bertz CT molecular complexity index is 534. The van der Waals surface area contributed by atoms with Crippen LogP contribution in [0.4, 0.5) is 0 Å². The predicted molar refractivity (Wildman–Crippen MR) is 85.2 cm³/mol. The average Bonchev–Trinajstić information content (AvgIpc) is 2.54. The van der Waals surface area contributed by atoms with Crippen molar-refractivity contribution in [2.45, 2.75) is 32.3 Å². The standard InChI is InChI=1S/C19H22O2/c1-2-21-19(17-13-7-4-8-14-17)18(20)15-9-12-16-10-5-3-6-11-16/h3-8,10-11,13-14,19H,2,9,12,15H2,1H3. The molecule has 0 aliphatic carbocycles. The largest absolute Gasteiger partial charge is 0.366 e. The molecule has 0 saturated carbocycles. The van der Waals surface area contributed by atoms with Gasteiger partial charge >= 0.3 is 0 Å². The van der Waals surface area contributed by atoms with E-state index >= 15 is 0 Å². The molecule has 110 valence electrons. The van der Waals surface area contributed by atoms with Gasteiger partial charge in [-0.3, -0.25) is 4.79 Å². The third kappa shape index (κ3) is 4.83. The highest BCUT2D eigenvalue weighted by Crippen LogP contribution is 2.21. The number of ketones is 1. The summed E-state index contributed by atoms with van der Waals surface area (Å²) >= 11 is 0. The number of carbonyl (C=O) groups excluding carboxylic acids is 1. The van der Waals surface area contributed by atoms with Crippen molar-refractivity contribution >= 4 is 5.78 Å². The molecule has 21 heavy (non-hydrogen) atoms. The Morgan fingerprint density at radius 1 is 1.00 bits per heavy atom. The lowest BCUT2D eigenvalue weighted by Crippen LogP contribution is -2.16. The summed E-state index contributed by atoms with van der Waals surface area (Å²) in [5, 5.41) is 0. The molecule has 0 saturated heterocycles. The molecule has 0 N–H and O–H groups in total. The Labute approximate surface area is 126 Å². The van der Waals surface area contributed by atoms with Crippen LogP contribution in [0.2, 0.25) is 0 Å². The summed E-state index contributed by atoms with van der Waals surface area (Å²) < 4.78 is 5.64. The molecule has 0 bridgehead atoms. The SMILES string of the molecule is CCOC(C(=O)CCCc1ccccc1)c1ccccc1. The summed E-state index contributed by atoms with van der Waals surface area (Å²) in [5.41, 5.74) is 2.22. The molecular weight excluding hydrogens is 260 g/mol. The van der Waals surface area contributed by atoms with E-state index < -0.39 is 6.10 Å². The minimum Gasteiger partial charge on any atom is -0.366 e. The summed E-state index contributed by atoms with van der Waals surface area (Å²) in [4.78, 5) is 12.4. The minimum atomic E-state index is -0.424. The van der Waals surface area contributed by atoms with Crippen LogP contribution in [0.1, 0.15) is 37.0 Å². The molecule has 2 aromatic rings.